The Morgan fingerprint density at radius 2 is 1.71 bits per heavy atom. The number of carbonyl (C=O) groups is 5. The minimum absolute atomic E-state index is 0.0364. The zero-order valence-corrected chi connectivity index (χ0v) is 19.2. The number of Topliss-reactive ketones (excluding diaryl/α,β-unsaturated/α-hetero) is 1. The van der Waals surface area contributed by atoms with Gasteiger partial charge in [0.2, 0.25) is 5.91 Å². The Labute approximate surface area is 200 Å². The van der Waals surface area contributed by atoms with E-state index in [0.29, 0.717) is 23.7 Å². The van der Waals surface area contributed by atoms with E-state index in [-0.39, 0.29) is 42.7 Å². The van der Waals surface area contributed by atoms with Crippen LogP contribution in [-0.2, 0) is 33.5 Å². The van der Waals surface area contributed by atoms with Crippen LogP contribution in [0.15, 0.2) is 42.5 Å². The van der Waals surface area contributed by atoms with Gasteiger partial charge in [-0.15, -0.1) is 0 Å². The zero-order valence-electron chi connectivity index (χ0n) is 19.2. The molecule has 0 aliphatic carbocycles. The molecule has 2 aromatic carbocycles. The van der Waals surface area contributed by atoms with Gasteiger partial charge in [-0.25, -0.2) is 0 Å². The van der Waals surface area contributed by atoms with E-state index in [1.807, 2.05) is 0 Å². The highest BCUT2D eigenvalue weighted by Gasteiger charge is 2.30. The van der Waals surface area contributed by atoms with Crippen molar-refractivity contribution in [3.63, 3.8) is 0 Å². The van der Waals surface area contributed by atoms with E-state index >= 15 is 0 Å². The largest absolute Gasteiger partial charge is 0.416 e. The van der Waals surface area contributed by atoms with Crippen molar-refractivity contribution in [3.8, 4) is 0 Å². The molecule has 2 aromatic rings. The Bertz CT molecular complexity index is 1100. The first-order valence-corrected chi connectivity index (χ1v) is 10.7. The van der Waals surface area contributed by atoms with Crippen molar-refractivity contribution in [1.82, 2.24) is 10.2 Å². The van der Waals surface area contributed by atoms with Crippen LogP contribution < -0.4 is 5.32 Å². The highest BCUT2D eigenvalue weighted by Crippen LogP contribution is 2.29. The summed E-state index contributed by atoms with van der Waals surface area (Å²) in [6.45, 7) is 1.21. The third kappa shape index (κ3) is 7.33. The van der Waals surface area contributed by atoms with Gasteiger partial charge in [-0.05, 0) is 42.7 Å². The molecule has 2 rings (SSSR count). The van der Waals surface area contributed by atoms with Crippen molar-refractivity contribution in [1.29, 1.82) is 0 Å². The van der Waals surface area contributed by atoms with Crippen LogP contribution in [0.25, 0.3) is 0 Å². The molecule has 1 atom stereocenters. The number of amides is 2. The van der Waals surface area contributed by atoms with Gasteiger partial charge < -0.3 is 15.0 Å². The number of benzene rings is 2. The molecule has 0 fully saturated rings. The fourth-order valence-electron chi connectivity index (χ4n) is 3.57. The van der Waals surface area contributed by atoms with Gasteiger partial charge in [0, 0.05) is 25.6 Å². The smallest absolute Gasteiger partial charge is 0.352 e. The fraction of sp³-hybridized carbons (Fsp3) is 0.320. The van der Waals surface area contributed by atoms with Gasteiger partial charge in [-0.2, -0.15) is 13.2 Å². The first-order valence-electron chi connectivity index (χ1n) is 10.7. The van der Waals surface area contributed by atoms with E-state index in [1.165, 1.54) is 43.1 Å². The van der Waals surface area contributed by atoms with Crippen molar-refractivity contribution in [2.24, 2.45) is 0 Å². The number of halogens is 3. The monoisotopic (exact) mass is 490 g/mol. The lowest BCUT2D eigenvalue weighted by Crippen LogP contribution is -2.42. The van der Waals surface area contributed by atoms with Crippen LogP contribution in [-0.4, -0.2) is 48.2 Å². The van der Waals surface area contributed by atoms with Gasteiger partial charge in [0.15, 0.2) is 12.1 Å². The fourth-order valence-corrected chi connectivity index (χ4v) is 3.57. The molecule has 35 heavy (non-hydrogen) atoms. The molecule has 0 aliphatic rings. The van der Waals surface area contributed by atoms with E-state index in [2.05, 4.69) is 5.32 Å². The predicted octanol–water partition coefficient (Wildman–Crippen LogP) is 3.39. The van der Waals surface area contributed by atoms with Gasteiger partial charge in [0.05, 0.1) is 23.6 Å². The number of hydrogen-bond acceptors (Lipinski definition) is 5. The highest BCUT2D eigenvalue weighted by molar-refractivity contribution is 6.03. The number of nitrogens with one attached hydrogen (secondary N) is 1. The molecule has 2 amide bonds. The SMILES string of the molecule is CC(=O)C(CCC=O)N(C)C(=O)c1cccc(CNC(=O)Cc2ccc(C(F)(F)F)cc2)c1C=O. The molecule has 0 saturated carbocycles. The summed E-state index contributed by atoms with van der Waals surface area (Å²) in [6, 6.07) is 7.87. The number of aldehydes is 2. The Kier molecular flexibility index (Phi) is 9.44. The van der Waals surface area contributed by atoms with Gasteiger partial charge in [-0.1, -0.05) is 24.3 Å². The number of carbonyl (C=O) groups excluding carboxylic acids is 5. The van der Waals surface area contributed by atoms with Crippen molar-refractivity contribution < 1.29 is 37.1 Å². The summed E-state index contributed by atoms with van der Waals surface area (Å²) in [5.41, 5.74) is -0.0114. The van der Waals surface area contributed by atoms with Gasteiger partial charge >= 0.3 is 6.18 Å². The molecule has 186 valence electrons. The normalized spacial score (nSPS) is 11.9. The van der Waals surface area contributed by atoms with E-state index in [9.17, 15) is 37.1 Å². The van der Waals surface area contributed by atoms with E-state index in [0.717, 1.165) is 12.1 Å². The molecule has 0 heterocycles. The second-order valence-electron chi connectivity index (χ2n) is 7.93. The molecule has 1 N–H and O–H groups in total. The lowest BCUT2D eigenvalue weighted by Gasteiger charge is -2.26. The lowest BCUT2D eigenvalue weighted by atomic mass is 9.99. The van der Waals surface area contributed by atoms with E-state index in [1.54, 1.807) is 6.07 Å². The number of alkyl halides is 3. The first kappa shape index (κ1) is 27.4. The maximum Gasteiger partial charge on any atom is 0.416 e. The Hall–Kier alpha value is -3.82. The summed E-state index contributed by atoms with van der Waals surface area (Å²) in [6.07, 6.45) is -3.27. The van der Waals surface area contributed by atoms with E-state index < -0.39 is 29.6 Å². The summed E-state index contributed by atoms with van der Waals surface area (Å²) < 4.78 is 38.0. The second kappa shape index (κ2) is 12.0. The summed E-state index contributed by atoms with van der Waals surface area (Å²) in [4.78, 5) is 61.0. The third-order valence-electron chi connectivity index (χ3n) is 5.48. The zero-order chi connectivity index (χ0) is 26.2. The molecule has 0 spiro atoms. The number of rotatable bonds is 11. The summed E-state index contributed by atoms with van der Waals surface area (Å²) in [5.74, 6) is -1.38. The maximum atomic E-state index is 13.0. The third-order valence-corrected chi connectivity index (χ3v) is 5.48. The Morgan fingerprint density at radius 3 is 2.26 bits per heavy atom. The molecule has 1 unspecified atom stereocenters. The minimum Gasteiger partial charge on any atom is -0.352 e. The first-order chi connectivity index (χ1) is 16.5. The maximum absolute atomic E-state index is 13.0. The van der Waals surface area contributed by atoms with Crippen molar-refractivity contribution >= 4 is 30.2 Å². The van der Waals surface area contributed by atoms with Crippen LogP contribution in [0.3, 0.4) is 0 Å². The summed E-state index contributed by atoms with van der Waals surface area (Å²) in [5, 5.41) is 2.59. The lowest BCUT2D eigenvalue weighted by molar-refractivity contribution is -0.137. The second-order valence-corrected chi connectivity index (χ2v) is 7.93. The van der Waals surface area contributed by atoms with Crippen molar-refractivity contribution in [2.75, 3.05) is 7.05 Å². The van der Waals surface area contributed by atoms with E-state index in [4.69, 9.17) is 0 Å². The Balaban J connectivity index is 2.13. The minimum atomic E-state index is -4.47. The molecular formula is C25H25F3N2O5. The van der Waals surface area contributed by atoms with Crippen LogP contribution in [0.4, 0.5) is 13.2 Å². The van der Waals surface area contributed by atoms with Gasteiger partial charge in [0.1, 0.15) is 6.29 Å². The number of hydrogen-bond donors (Lipinski definition) is 1. The summed E-state index contributed by atoms with van der Waals surface area (Å²) >= 11 is 0. The molecule has 0 aromatic heterocycles. The molecule has 7 nitrogen and oxygen atoms in total. The van der Waals surface area contributed by atoms with Gasteiger partial charge in [-0.3, -0.25) is 19.2 Å². The van der Waals surface area contributed by atoms with Crippen LogP contribution >= 0.6 is 0 Å². The van der Waals surface area contributed by atoms with Crippen LogP contribution in [0.2, 0.25) is 0 Å². The van der Waals surface area contributed by atoms with Crippen LogP contribution in [0.1, 0.15) is 57.2 Å². The van der Waals surface area contributed by atoms with Crippen molar-refractivity contribution in [2.45, 2.75) is 44.9 Å². The standard InChI is InChI=1S/C25H25F3N2O5/c1-16(33)22(7-4-12-31)30(2)24(35)20-6-3-5-18(21(20)15-32)14-29-23(34)13-17-8-10-19(11-9-17)25(26,27)28/h3,5-6,8-12,15,22H,4,7,13-14H2,1-2H3,(H,29,34). The molecule has 10 heteroatoms. The number of ketones is 1. The predicted molar refractivity (Wildman–Crippen MR) is 121 cm³/mol. The highest BCUT2D eigenvalue weighted by atomic mass is 19.4. The number of nitrogens with zero attached hydrogens (tertiary/aromatic N) is 1. The topological polar surface area (TPSA) is 101 Å². The summed E-state index contributed by atoms with van der Waals surface area (Å²) in [7, 11) is 1.41. The average Bonchev–Trinajstić information content (AvgIpc) is 2.81. The van der Waals surface area contributed by atoms with Gasteiger partial charge in [0.25, 0.3) is 5.91 Å². The molecular weight excluding hydrogens is 465 g/mol. The molecule has 0 bridgehead atoms. The van der Waals surface area contributed by atoms with Crippen LogP contribution in [0.5, 0.6) is 0 Å². The van der Waals surface area contributed by atoms with Crippen LogP contribution in [0, 0.1) is 0 Å². The number of likely N-dealkylation sites (N-methyl/N-ethyl adjacent to an activating group) is 1. The Morgan fingerprint density at radius 1 is 1.06 bits per heavy atom. The molecule has 0 saturated heterocycles. The average molecular weight is 490 g/mol. The molecule has 0 aliphatic heterocycles. The van der Waals surface area contributed by atoms with Crippen molar-refractivity contribution in [3.05, 3.63) is 70.3 Å². The molecule has 0 radical (unpaired) electrons. The quantitative estimate of drug-likeness (QED) is 0.487.